The SMILES string of the molecule is COCc1nnc(NC(=O)Cc2ccc(NC(C)=O)cc2)s1. The lowest BCUT2D eigenvalue weighted by Crippen LogP contribution is -2.14. The molecule has 0 bridgehead atoms. The molecule has 0 radical (unpaired) electrons. The molecule has 22 heavy (non-hydrogen) atoms. The zero-order chi connectivity index (χ0) is 15.9. The summed E-state index contributed by atoms with van der Waals surface area (Å²) in [7, 11) is 1.57. The molecule has 8 heteroatoms. The molecule has 0 spiro atoms. The van der Waals surface area contributed by atoms with Gasteiger partial charge in [-0.1, -0.05) is 23.5 Å². The monoisotopic (exact) mass is 320 g/mol. The molecule has 7 nitrogen and oxygen atoms in total. The molecule has 0 aliphatic heterocycles. The predicted octanol–water partition coefficient (Wildman–Crippen LogP) is 1.82. The van der Waals surface area contributed by atoms with Crippen LogP contribution in [-0.4, -0.2) is 29.1 Å². The summed E-state index contributed by atoms with van der Waals surface area (Å²) in [6.45, 7) is 1.82. The minimum Gasteiger partial charge on any atom is -0.377 e. The van der Waals surface area contributed by atoms with Gasteiger partial charge in [-0.05, 0) is 17.7 Å². The largest absolute Gasteiger partial charge is 0.377 e. The van der Waals surface area contributed by atoms with E-state index in [0.717, 1.165) is 5.56 Å². The van der Waals surface area contributed by atoms with Crippen LogP contribution in [0.4, 0.5) is 10.8 Å². The first-order chi connectivity index (χ1) is 10.6. The fraction of sp³-hybridized carbons (Fsp3) is 0.286. The molecule has 0 aliphatic rings. The number of anilines is 2. The zero-order valence-electron chi connectivity index (χ0n) is 12.3. The van der Waals surface area contributed by atoms with Gasteiger partial charge in [-0.25, -0.2) is 0 Å². The Kier molecular flexibility index (Phi) is 5.56. The number of hydrogen-bond acceptors (Lipinski definition) is 6. The van der Waals surface area contributed by atoms with Gasteiger partial charge in [0.2, 0.25) is 16.9 Å². The van der Waals surface area contributed by atoms with E-state index in [2.05, 4.69) is 20.8 Å². The Hall–Kier alpha value is -2.32. The molecule has 2 aromatic rings. The lowest BCUT2D eigenvalue weighted by Gasteiger charge is -2.04. The van der Waals surface area contributed by atoms with Crippen LogP contribution in [0.1, 0.15) is 17.5 Å². The van der Waals surface area contributed by atoms with Gasteiger partial charge in [-0.2, -0.15) is 0 Å². The second kappa shape index (κ2) is 7.62. The van der Waals surface area contributed by atoms with Crippen molar-refractivity contribution in [2.45, 2.75) is 20.0 Å². The van der Waals surface area contributed by atoms with Crippen LogP contribution in [0.25, 0.3) is 0 Å². The van der Waals surface area contributed by atoms with Crippen molar-refractivity contribution in [2.24, 2.45) is 0 Å². The minimum absolute atomic E-state index is 0.131. The molecule has 1 heterocycles. The number of benzene rings is 1. The third kappa shape index (κ3) is 4.90. The highest BCUT2D eigenvalue weighted by molar-refractivity contribution is 7.15. The molecule has 2 N–H and O–H groups in total. The van der Waals surface area contributed by atoms with Crippen LogP contribution in [0.15, 0.2) is 24.3 Å². The highest BCUT2D eigenvalue weighted by Crippen LogP contribution is 2.16. The minimum atomic E-state index is -0.174. The second-order valence-corrected chi connectivity index (χ2v) is 5.60. The number of carbonyl (C=O) groups excluding carboxylic acids is 2. The molecular formula is C14H16N4O3S. The average Bonchev–Trinajstić information content (AvgIpc) is 2.88. The van der Waals surface area contributed by atoms with Gasteiger partial charge < -0.3 is 15.4 Å². The first-order valence-electron chi connectivity index (χ1n) is 6.54. The van der Waals surface area contributed by atoms with E-state index >= 15 is 0 Å². The number of carbonyl (C=O) groups is 2. The van der Waals surface area contributed by atoms with Crippen molar-refractivity contribution in [2.75, 3.05) is 17.7 Å². The van der Waals surface area contributed by atoms with E-state index in [4.69, 9.17) is 4.74 Å². The summed E-state index contributed by atoms with van der Waals surface area (Å²) in [5.74, 6) is -0.305. The normalized spacial score (nSPS) is 10.3. The van der Waals surface area contributed by atoms with Crippen molar-refractivity contribution in [3.05, 3.63) is 34.8 Å². The van der Waals surface area contributed by atoms with Gasteiger partial charge in [0.05, 0.1) is 6.42 Å². The molecular weight excluding hydrogens is 304 g/mol. The maximum Gasteiger partial charge on any atom is 0.230 e. The topological polar surface area (TPSA) is 93.2 Å². The number of nitrogens with one attached hydrogen (secondary N) is 2. The Morgan fingerprint density at radius 3 is 2.55 bits per heavy atom. The van der Waals surface area contributed by atoms with Gasteiger partial charge in [0.1, 0.15) is 11.6 Å². The Morgan fingerprint density at radius 1 is 1.18 bits per heavy atom. The molecule has 1 aromatic heterocycles. The highest BCUT2D eigenvalue weighted by Gasteiger charge is 2.09. The van der Waals surface area contributed by atoms with Gasteiger partial charge in [-0.3, -0.25) is 9.59 Å². The summed E-state index contributed by atoms with van der Waals surface area (Å²) >= 11 is 1.28. The summed E-state index contributed by atoms with van der Waals surface area (Å²) < 4.78 is 4.95. The fourth-order valence-corrected chi connectivity index (χ4v) is 2.47. The number of ether oxygens (including phenoxy) is 1. The number of amides is 2. The first kappa shape index (κ1) is 16.1. The van der Waals surface area contributed by atoms with E-state index in [1.54, 1.807) is 31.4 Å². The molecule has 0 atom stereocenters. The first-order valence-corrected chi connectivity index (χ1v) is 7.36. The van der Waals surface area contributed by atoms with Crippen molar-refractivity contribution in [3.8, 4) is 0 Å². The van der Waals surface area contributed by atoms with Crippen LogP contribution in [0.5, 0.6) is 0 Å². The molecule has 116 valence electrons. The fourth-order valence-electron chi connectivity index (χ4n) is 1.74. The Morgan fingerprint density at radius 2 is 1.91 bits per heavy atom. The van der Waals surface area contributed by atoms with E-state index in [9.17, 15) is 9.59 Å². The van der Waals surface area contributed by atoms with Crippen LogP contribution >= 0.6 is 11.3 Å². The van der Waals surface area contributed by atoms with Gasteiger partial charge in [0.15, 0.2) is 0 Å². The molecule has 0 saturated heterocycles. The maximum absolute atomic E-state index is 11.9. The van der Waals surface area contributed by atoms with Crippen molar-refractivity contribution in [1.82, 2.24) is 10.2 Å². The molecule has 0 fully saturated rings. The summed E-state index contributed by atoms with van der Waals surface area (Å²) in [5.41, 5.74) is 1.54. The number of hydrogen-bond donors (Lipinski definition) is 2. The molecule has 0 saturated carbocycles. The van der Waals surface area contributed by atoms with Crippen LogP contribution in [0.3, 0.4) is 0 Å². The van der Waals surface area contributed by atoms with Crippen molar-refractivity contribution < 1.29 is 14.3 Å². The number of aromatic nitrogens is 2. The quantitative estimate of drug-likeness (QED) is 0.847. The molecule has 2 amide bonds. The third-order valence-corrected chi connectivity index (χ3v) is 3.43. The third-order valence-electron chi connectivity index (χ3n) is 2.62. The van der Waals surface area contributed by atoms with E-state index in [1.165, 1.54) is 18.3 Å². The Labute approximate surface area is 131 Å². The van der Waals surface area contributed by atoms with Crippen molar-refractivity contribution in [3.63, 3.8) is 0 Å². The van der Waals surface area contributed by atoms with Crippen molar-refractivity contribution in [1.29, 1.82) is 0 Å². The number of methoxy groups -OCH3 is 1. The van der Waals surface area contributed by atoms with Crippen LogP contribution in [-0.2, 0) is 27.4 Å². The average molecular weight is 320 g/mol. The molecule has 1 aromatic carbocycles. The van der Waals surface area contributed by atoms with Crippen LogP contribution < -0.4 is 10.6 Å². The smallest absolute Gasteiger partial charge is 0.230 e. The summed E-state index contributed by atoms with van der Waals surface area (Å²) in [5, 5.41) is 14.3. The predicted molar refractivity (Wildman–Crippen MR) is 83.7 cm³/mol. The molecule has 0 unspecified atom stereocenters. The summed E-state index contributed by atoms with van der Waals surface area (Å²) in [6.07, 6.45) is 0.222. The van der Waals surface area contributed by atoms with Gasteiger partial charge >= 0.3 is 0 Å². The van der Waals surface area contributed by atoms with E-state index in [1.807, 2.05) is 0 Å². The summed E-state index contributed by atoms with van der Waals surface area (Å²) in [4.78, 5) is 22.9. The van der Waals surface area contributed by atoms with Gasteiger partial charge in [0, 0.05) is 19.7 Å². The zero-order valence-corrected chi connectivity index (χ0v) is 13.1. The second-order valence-electron chi connectivity index (χ2n) is 4.54. The van der Waals surface area contributed by atoms with E-state index in [0.29, 0.717) is 22.4 Å². The Bertz CT molecular complexity index is 654. The lowest BCUT2D eigenvalue weighted by molar-refractivity contribution is -0.116. The highest BCUT2D eigenvalue weighted by atomic mass is 32.1. The molecule has 2 rings (SSSR count). The Balaban J connectivity index is 1.89. The lowest BCUT2D eigenvalue weighted by atomic mass is 10.1. The van der Waals surface area contributed by atoms with Crippen LogP contribution in [0, 0.1) is 0 Å². The summed E-state index contributed by atoms with van der Waals surface area (Å²) in [6, 6.07) is 7.10. The van der Waals surface area contributed by atoms with Gasteiger partial charge in [0.25, 0.3) is 0 Å². The maximum atomic E-state index is 11.9. The number of rotatable bonds is 6. The van der Waals surface area contributed by atoms with Crippen molar-refractivity contribution >= 4 is 34.0 Å². The van der Waals surface area contributed by atoms with E-state index < -0.39 is 0 Å². The number of nitrogens with zero attached hydrogens (tertiary/aromatic N) is 2. The van der Waals surface area contributed by atoms with Crippen LogP contribution in [0.2, 0.25) is 0 Å². The van der Waals surface area contributed by atoms with Gasteiger partial charge in [-0.15, -0.1) is 10.2 Å². The van der Waals surface area contributed by atoms with E-state index in [-0.39, 0.29) is 18.2 Å². The molecule has 0 aliphatic carbocycles. The standard InChI is InChI=1S/C14H16N4O3S/c1-9(19)15-11-5-3-10(4-6-11)7-12(20)16-14-18-17-13(22-14)8-21-2/h3-6H,7-8H2,1-2H3,(H,15,19)(H,16,18,20).